The highest BCUT2D eigenvalue weighted by molar-refractivity contribution is 5.73. The maximum atomic E-state index is 11.0. The minimum absolute atomic E-state index is 0.0841. The van der Waals surface area contributed by atoms with E-state index in [1.54, 1.807) is 55.4 Å². The summed E-state index contributed by atoms with van der Waals surface area (Å²) in [5, 5.41) is 13.4. The second-order valence-electron chi connectivity index (χ2n) is 7.30. The summed E-state index contributed by atoms with van der Waals surface area (Å²) in [4.78, 5) is 32.1. The van der Waals surface area contributed by atoms with Gasteiger partial charge in [0.2, 0.25) is 0 Å². The summed E-state index contributed by atoms with van der Waals surface area (Å²) in [5.41, 5.74) is -1.01. The summed E-state index contributed by atoms with van der Waals surface area (Å²) in [6, 6.07) is -0.764. The van der Waals surface area contributed by atoms with Crippen LogP contribution in [0.2, 0.25) is 0 Å². The summed E-state index contributed by atoms with van der Waals surface area (Å²) in [6.45, 7) is 13.8. The maximum Gasteiger partial charge on any atom is 0.408 e. The van der Waals surface area contributed by atoms with Crippen LogP contribution in [-0.4, -0.2) is 53.5 Å². The van der Waals surface area contributed by atoms with Crippen LogP contribution in [0.4, 0.5) is 9.59 Å². The highest BCUT2D eigenvalue weighted by Gasteiger charge is 2.17. The molecule has 0 radical (unpaired) electrons. The van der Waals surface area contributed by atoms with Crippen molar-refractivity contribution in [3.8, 4) is 0 Å². The van der Waals surface area contributed by atoms with Crippen LogP contribution in [0.1, 0.15) is 55.4 Å². The molecule has 0 saturated carbocycles. The Hall–Kier alpha value is -1.83. The minimum Gasteiger partial charge on any atom is -0.444 e. The van der Waals surface area contributed by atoms with Gasteiger partial charge in [-0.25, -0.2) is 9.59 Å². The van der Waals surface area contributed by atoms with E-state index in [0.717, 1.165) is 0 Å². The average molecular weight is 348 g/mol. The van der Waals surface area contributed by atoms with Crippen LogP contribution in [-0.2, 0) is 14.3 Å². The summed E-state index contributed by atoms with van der Waals surface area (Å²) < 4.78 is 9.85. The molecule has 0 rings (SSSR count). The molecule has 0 fully saturated rings. The Morgan fingerprint density at radius 1 is 0.958 bits per heavy atom. The van der Waals surface area contributed by atoms with Crippen LogP contribution in [0.3, 0.4) is 0 Å². The van der Waals surface area contributed by atoms with Crippen molar-refractivity contribution >= 4 is 18.5 Å². The van der Waals surface area contributed by atoms with Gasteiger partial charge >= 0.3 is 12.2 Å². The Balaban J connectivity index is 0. The lowest BCUT2D eigenvalue weighted by atomic mass is 10.2. The number of carbonyl (C=O) groups is 3. The number of carbonyl (C=O) groups excluding carboxylic acids is 3. The number of ether oxygens (including phenoxy) is 2. The van der Waals surface area contributed by atoms with E-state index < -0.39 is 29.4 Å². The van der Waals surface area contributed by atoms with Gasteiger partial charge in [-0.15, -0.1) is 0 Å². The number of hydrogen-bond acceptors (Lipinski definition) is 6. The van der Waals surface area contributed by atoms with E-state index in [1.165, 1.54) is 0 Å². The zero-order chi connectivity index (χ0) is 19.6. The molecule has 0 heterocycles. The fraction of sp³-hybridized carbons (Fsp3) is 0.812. The highest BCUT2D eigenvalue weighted by atomic mass is 16.6. The Bertz CT molecular complexity index is 398. The number of aldehydes is 1. The third kappa shape index (κ3) is 18.2. The molecule has 0 unspecified atom stereocenters. The van der Waals surface area contributed by atoms with E-state index in [2.05, 4.69) is 10.6 Å². The van der Waals surface area contributed by atoms with Gasteiger partial charge in [0.05, 0.1) is 18.7 Å². The van der Waals surface area contributed by atoms with Gasteiger partial charge in [0.1, 0.15) is 17.5 Å². The van der Waals surface area contributed by atoms with Gasteiger partial charge in [0, 0.05) is 0 Å². The third-order valence-corrected chi connectivity index (χ3v) is 1.99. The highest BCUT2D eigenvalue weighted by Crippen LogP contribution is 2.07. The monoisotopic (exact) mass is 348 g/mol. The van der Waals surface area contributed by atoms with Crippen LogP contribution >= 0.6 is 0 Å². The number of aliphatic hydroxyl groups is 1. The number of nitrogens with one attached hydrogen (secondary N) is 2. The number of aliphatic hydroxyl groups excluding tert-OH is 1. The van der Waals surface area contributed by atoms with E-state index >= 15 is 0 Å². The molecule has 24 heavy (non-hydrogen) atoms. The molecule has 8 heteroatoms. The van der Waals surface area contributed by atoms with Crippen molar-refractivity contribution in [1.29, 1.82) is 0 Å². The zero-order valence-corrected chi connectivity index (χ0v) is 15.9. The second kappa shape index (κ2) is 10.9. The molecule has 8 nitrogen and oxygen atoms in total. The van der Waals surface area contributed by atoms with Crippen LogP contribution in [0.25, 0.3) is 0 Å². The summed E-state index contributed by atoms with van der Waals surface area (Å²) >= 11 is 0. The summed E-state index contributed by atoms with van der Waals surface area (Å²) in [6.07, 6.45) is -0.421. The average Bonchev–Trinajstić information content (AvgIpc) is 2.34. The van der Waals surface area contributed by atoms with Crippen LogP contribution < -0.4 is 10.6 Å². The molecule has 0 aromatic heterocycles. The van der Waals surface area contributed by atoms with Crippen molar-refractivity contribution in [2.45, 2.75) is 78.7 Å². The SMILES string of the molecule is C[C@H](C=O)NC(=O)OC(C)(C)C.C[C@H](CO)NC(=O)OC(C)(C)C. The van der Waals surface area contributed by atoms with E-state index in [0.29, 0.717) is 6.29 Å². The Labute approximate surface area is 144 Å². The van der Waals surface area contributed by atoms with Crippen LogP contribution in [0, 0.1) is 0 Å². The van der Waals surface area contributed by atoms with Gasteiger partial charge < -0.3 is 30.0 Å². The fourth-order valence-electron chi connectivity index (χ4n) is 1.08. The summed E-state index contributed by atoms with van der Waals surface area (Å²) in [5.74, 6) is 0. The number of alkyl carbamates (subject to hydrolysis) is 2. The van der Waals surface area contributed by atoms with Gasteiger partial charge in [-0.05, 0) is 55.4 Å². The second-order valence-corrected chi connectivity index (χ2v) is 7.30. The lowest BCUT2D eigenvalue weighted by Crippen LogP contribution is -2.39. The van der Waals surface area contributed by atoms with Gasteiger partial charge in [-0.3, -0.25) is 0 Å². The normalized spacial score (nSPS) is 13.5. The van der Waals surface area contributed by atoms with Crippen molar-refractivity contribution in [3.05, 3.63) is 0 Å². The first-order chi connectivity index (χ1) is 10.7. The van der Waals surface area contributed by atoms with Gasteiger partial charge in [0.15, 0.2) is 0 Å². The molecule has 0 aromatic carbocycles. The van der Waals surface area contributed by atoms with E-state index in [-0.39, 0.29) is 12.6 Å². The van der Waals surface area contributed by atoms with Gasteiger partial charge in [-0.1, -0.05) is 0 Å². The molecular formula is C16H32N2O6. The standard InChI is InChI=1S/C8H17NO3.C8H15NO3/c2*1-6(5-10)9-7(11)12-8(2,3)4/h6,10H,5H2,1-4H3,(H,9,11);5-6H,1-4H3,(H,9,11)/t2*6-/m11/s1. The molecule has 0 spiro atoms. The first-order valence-electron chi connectivity index (χ1n) is 7.75. The Morgan fingerprint density at radius 3 is 1.62 bits per heavy atom. The fourth-order valence-corrected chi connectivity index (χ4v) is 1.08. The zero-order valence-electron chi connectivity index (χ0n) is 15.9. The number of amides is 2. The molecule has 0 aromatic rings. The topological polar surface area (TPSA) is 114 Å². The van der Waals surface area contributed by atoms with Crippen molar-refractivity contribution in [2.75, 3.05) is 6.61 Å². The van der Waals surface area contributed by atoms with E-state index in [9.17, 15) is 14.4 Å². The first-order valence-corrected chi connectivity index (χ1v) is 7.75. The number of hydrogen-bond donors (Lipinski definition) is 3. The van der Waals surface area contributed by atoms with Crippen molar-refractivity contribution in [2.24, 2.45) is 0 Å². The predicted molar refractivity (Wildman–Crippen MR) is 90.8 cm³/mol. The smallest absolute Gasteiger partial charge is 0.408 e. The molecule has 2 atom stereocenters. The maximum absolute atomic E-state index is 11.0. The van der Waals surface area contributed by atoms with Crippen molar-refractivity contribution in [1.82, 2.24) is 10.6 Å². The molecule has 2 amide bonds. The Morgan fingerprint density at radius 2 is 1.33 bits per heavy atom. The first kappa shape index (κ1) is 24.4. The van der Waals surface area contributed by atoms with E-state index in [1.807, 2.05) is 0 Å². The molecule has 142 valence electrons. The molecule has 0 bridgehead atoms. The lowest BCUT2D eigenvalue weighted by Gasteiger charge is -2.21. The third-order valence-electron chi connectivity index (χ3n) is 1.99. The minimum atomic E-state index is -0.568. The molecular weight excluding hydrogens is 316 g/mol. The van der Waals surface area contributed by atoms with Gasteiger partial charge in [-0.2, -0.15) is 0 Å². The summed E-state index contributed by atoms with van der Waals surface area (Å²) in [7, 11) is 0. The van der Waals surface area contributed by atoms with Gasteiger partial charge in [0.25, 0.3) is 0 Å². The molecule has 3 N–H and O–H groups in total. The van der Waals surface area contributed by atoms with Crippen molar-refractivity contribution in [3.63, 3.8) is 0 Å². The quantitative estimate of drug-likeness (QED) is 0.670. The molecule has 0 aliphatic heterocycles. The Kier molecular flexibility index (Phi) is 11.0. The molecule has 0 aliphatic rings. The van der Waals surface area contributed by atoms with E-state index in [4.69, 9.17) is 14.6 Å². The lowest BCUT2D eigenvalue weighted by molar-refractivity contribution is -0.109. The predicted octanol–water partition coefficient (Wildman–Crippen LogP) is 1.99. The van der Waals surface area contributed by atoms with Crippen LogP contribution in [0.15, 0.2) is 0 Å². The van der Waals surface area contributed by atoms with Crippen LogP contribution in [0.5, 0.6) is 0 Å². The number of rotatable bonds is 4. The molecule has 0 saturated heterocycles. The van der Waals surface area contributed by atoms with Crippen molar-refractivity contribution < 1.29 is 29.0 Å². The largest absolute Gasteiger partial charge is 0.444 e. The molecule has 0 aliphatic carbocycles.